The first-order valence-corrected chi connectivity index (χ1v) is 7.56. The van der Waals surface area contributed by atoms with Gasteiger partial charge in [0.05, 0.1) is 4.88 Å². The summed E-state index contributed by atoms with van der Waals surface area (Å²) in [5, 5.41) is 1.82. The fourth-order valence-corrected chi connectivity index (χ4v) is 2.83. The third-order valence-electron chi connectivity index (χ3n) is 3.17. The molecule has 2 N–H and O–H groups in total. The van der Waals surface area contributed by atoms with Crippen molar-refractivity contribution in [1.82, 2.24) is 10.9 Å². The molecule has 1 aromatic carbocycles. The summed E-state index contributed by atoms with van der Waals surface area (Å²) in [6, 6.07) is 8.96. The number of hydrogen-bond acceptors (Lipinski definition) is 5. The Balaban J connectivity index is 1.57. The van der Waals surface area contributed by atoms with E-state index in [1.54, 1.807) is 18.2 Å². The summed E-state index contributed by atoms with van der Waals surface area (Å²) < 4.78 is 11.0. The van der Waals surface area contributed by atoms with Crippen LogP contribution in [0.25, 0.3) is 0 Å². The van der Waals surface area contributed by atoms with Gasteiger partial charge in [-0.15, -0.1) is 11.3 Å². The van der Waals surface area contributed by atoms with Crippen molar-refractivity contribution in [2.24, 2.45) is 0 Å². The quantitative estimate of drug-likeness (QED) is 0.826. The molecular formula is C15H14N2O4S. The second-order valence-corrected chi connectivity index (χ2v) is 5.66. The lowest BCUT2D eigenvalue weighted by atomic mass is 10.2. The summed E-state index contributed by atoms with van der Waals surface area (Å²) in [4.78, 5) is 24.5. The summed E-state index contributed by atoms with van der Waals surface area (Å²) in [6.07, 6.45) is -0.806. The van der Waals surface area contributed by atoms with Crippen molar-refractivity contribution in [2.75, 3.05) is 6.61 Å². The van der Waals surface area contributed by atoms with Gasteiger partial charge in [0.15, 0.2) is 11.5 Å². The molecule has 0 spiro atoms. The van der Waals surface area contributed by atoms with Crippen LogP contribution < -0.4 is 20.3 Å². The van der Waals surface area contributed by atoms with Gasteiger partial charge in [-0.1, -0.05) is 12.1 Å². The zero-order valence-electron chi connectivity index (χ0n) is 11.8. The van der Waals surface area contributed by atoms with Gasteiger partial charge in [0, 0.05) is 0 Å². The van der Waals surface area contributed by atoms with Crippen LogP contribution in [0.3, 0.4) is 0 Å². The predicted octanol–water partition coefficient (Wildman–Crippen LogP) is 1.66. The van der Waals surface area contributed by atoms with E-state index >= 15 is 0 Å². The SMILES string of the molecule is Cc1ccsc1C(=O)NNC(=O)[C@@H]1COc2ccccc2O1. The lowest BCUT2D eigenvalue weighted by Gasteiger charge is -2.25. The van der Waals surface area contributed by atoms with E-state index in [1.165, 1.54) is 11.3 Å². The largest absolute Gasteiger partial charge is 0.485 e. The molecule has 0 unspecified atom stereocenters. The molecule has 3 rings (SSSR count). The van der Waals surface area contributed by atoms with Crippen LogP contribution in [0, 0.1) is 6.92 Å². The van der Waals surface area contributed by atoms with Gasteiger partial charge >= 0.3 is 0 Å². The summed E-state index contributed by atoms with van der Waals surface area (Å²) in [7, 11) is 0. The number of hydrazine groups is 1. The lowest BCUT2D eigenvalue weighted by molar-refractivity contribution is -0.131. The van der Waals surface area contributed by atoms with E-state index in [4.69, 9.17) is 9.47 Å². The normalized spacial score (nSPS) is 16.0. The van der Waals surface area contributed by atoms with Crippen LogP contribution >= 0.6 is 11.3 Å². The second kappa shape index (κ2) is 6.07. The second-order valence-electron chi connectivity index (χ2n) is 4.74. The minimum Gasteiger partial charge on any atom is -0.485 e. The average molecular weight is 318 g/mol. The number of rotatable bonds is 2. The lowest BCUT2D eigenvalue weighted by Crippen LogP contribution is -2.50. The van der Waals surface area contributed by atoms with Crippen molar-refractivity contribution in [3.8, 4) is 11.5 Å². The van der Waals surface area contributed by atoms with Crippen molar-refractivity contribution in [3.05, 3.63) is 46.2 Å². The number of ether oxygens (including phenoxy) is 2. The first kappa shape index (κ1) is 14.4. The zero-order valence-corrected chi connectivity index (χ0v) is 12.6. The Morgan fingerprint density at radius 3 is 2.68 bits per heavy atom. The van der Waals surface area contributed by atoms with E-state index in [2.05, 4.69) is 10.9 Å². The number of fused-ring (bicyclic) bond motifs is 1. The van der Waals surface area contributed by atoms with Crippen LogP contribution in [0.4, 0.5) is 0 Å². The fraction of sp³-hybridized carbons (Fsp3) is 0.200. The van der Waals surface area contributed by atoms with Crippen LogP contribution in [0.5, 0.6) is 11.5 Å². The first-order chi connectivity index (χ1) is 10.6. The predicted molar refractivity (Wildman–Crippen MR) is 81.0 cm³/mol. The molecule has 2 amide bonds. The molecule has 0 saturated heterocycles. The number of aryl methyl sites for hydroxylation is 1. The summed E-state index contributed by atoms with van der Waals surface area (Å²) in [6.45, 7) is 1.93. The molecule has 0 saturated carbocycles. The number of amides is 2. The smallest absolute Gasteiger partial charge is 0.283 e. The fourth-order valence-electron chi connectivity index (χ4n) is 2.01. The van der Waals surface area contributed by atoms with E-state index in [0.717, 1.165) is 5.56 Å². The molecule has 2 heterocycles. The van der Waals surface area contributed by atoms with Crippen molar-refractivity contribution in [1.29, 1.82) is 0 Å². The zero-order chi connectivity index (χ0) is 15.5. The highest BCUT2D eigenvalue weighted by Crippen LogP contribution is 2.30. The third kappa shape index (κ3) is 2.89. The maximum absolute atomic E-state index is 12.0. The first-order valence-electron chi connectivity index (χ1n) is 6.68. The Morgan fingerprint density at radius 1 is 1.18 bits per heavy atom. The van der Waals surface area contributed by atoms with Crippen molar-refractivity contribution in [2.45, 2.75) is 13.0 Å². The average Bonchev–Trinajstić information content (AvgIpc) is 2.98. The van der Waals surface area contributed by atoms with E-state index in [0.29, 0.717) is 16.4 Å². The van der Waals surface area contributed by atoms with E-state index in [1.807, 2.05) is 24.4 Å². The molecule has 2 aromatic rings. The number of nitrogens with one attached hydrogen (secondary N) is 2. The molecule has 114 valence electrons. The molecule has 1 aliphatic heterocycles. The van der Waals surface area contributed by atoms with Crippen LogP contribution in [-0.4, -0.2) is 24.5 Å². The molecule has 1 atom stereocenters. The molecule has 6 nitrogen and oxygen atoms in total. The summed E-state index contributed by atoms with van der Waals surface area (Å²) >= 11 is 1.32. The number of thiophene rings is 1. The standard InChI is InChI=1S/C15H14N2O4S/c1-9-6-7-22-13(9)15(19)17-16-14(18)12-8-20-10-4-2-3-5-11(10)21-12/h2-7,12H,8H2,1H3,(H,16,18)(H,17,19)/t12-/m0/s1. The number of benzene rings is 1. The van der Waals surface area contributed by atoms with Crippen molar-refractivity contribution >= 4 is 23.2 Å². The highest BCUT2D eigenvalue weighted by molar-refractivity contribution is 7.12. The van der Waals surface area contributed by atoms with Crippen LogP contribution in [0.1, 0.15) is 15.2 Å². The monoisotopic (exact) mass is 318 g/mol. The van der Waals surface area contributed by atoms with Crippen molar-refractivity contribution in [3.63, 3.8) is 0 Å². The van der Waals surface area contributed by atoms with Crippen LogP contribution in [0.15, 0.2) is 35.7 Å². The number of carbonyl (C=O) groups excluding carboxylic acids is 2. The number of carbonyl (C=O) groups is 2. The number of hydrogen-bond donors (Lipinski definition) is 2. The Morgan fingerprint density at radius 2 is 1.95 bits per heavy atom. The molecule has 22 heavy (non-hydrogen) atoms. The molecule has 1 aromatic heterocycles. The highest BCUT2D eigenvalue weighted by Gasteiger charge is 2.27. The van der Waals surface area contributed by atoms with Crippen LogP contribution in [-0.2, 0) is 4.79 Å². The summed E-state index contributed by atoms with van der Waals surface area (Å²) in [5.74, 6) is 0.300. The highest BCUT2D eigenvalue weighted by atomic mass is 32.1. The van der Waals surface area contributed by atoms with E-state index in [9.17, 15) is 9.59 Å². The maximum atomic E-state index is 12.0. The molecule has 0 bridgehead atoms. The van der Waals surface area contributed by atoms with Gasteiger partial charge < -0.3 is 9.47 Å². The molecule has 0 fully saturated rings. The van der Waals surface area contributed by atoms with Gasteiger partial charge in [-0.25, -0.2) is 0 Å². The third-order valence-corrected chi connectivity index (χ3v) is 4.18. The molecular weight excluding hydrogens is 304 g/mol. The van der Waals surface area contributed by atoms with Gasteiger partial charge in [-0.05, 0) is 36.1 Å². The van der Waals surface area contributed by atoms with Gasteiger partial charge in [0.25, 0.3) is 11.8 Å². The minimum absolute atomic E-state index is 0.0940. The maximum Gasteiger partial charge on any atom is 0.283 e. The van der Waals surface area contributed by atoms with E-state index in [-0.39, 0.29) is 12.5 Å². The van der Waals surface area contributed by atoms with Crippen LogP contribution in [0.2, 0.25) is 0 Å². The molecule has 1 aliphatic rings. The Kier molecular flexibility index (Phi) is 3.97. The van der Waals surface area contributed by atoms with Gasteiger partial charge in [-0.2, -0.15) is 0 Å². The Hall–Kier alpha value is -2.54. The summed E-state index contributed by atoms with van der Waals surface area (Å²) in [5.41, 5.74) is 5.61. The Labute approximate surface area is 131 Å². The molecule has 7 heteroatoms. The molecule has 0 radical (unpaired) electrons. The minimum atomic E-state index is -0.806. The number of para-hydroxylation sites is 2. The topological polar surface area (TPSA) is 76.7 Å². The molecule has 0 aliphatic carbocycles. The van der Waals surface area contributed by atoms with Gasteiger partial charge in [-0.3, -0.25) is 20.4 Å². The van der Waals surface area contributed by atoms with Gasteiger partial charge in [0.2, 0.25) is 6.10 Å². The van der Waals surface area contributed by atoms with E-state index < -0.39 is 12.0 Å². The Bertz CT molecular complexity index is 713. The van der Waals surface area contributed by atoms with Gasteiger partial charge in [0.1, 0.15) is 6.61 Å². The van der Waals surface area contributed by atoms with Crippen molar-refractivity contribution < 1.29 is 19.1 Å².